The highest BCUT2D eigenvalue weighted by atomic mass is 16.5. The molecule has 0 fully saturated rings. The van der Waals surface area contributed by atoms with Crippen molar-refractivity contribution >= 4 is 5.97 Å². The van der Waals surface area contributed by atoms with Crippen LogP contribution in [0.25, 0.3) is 0 Å². The van der Waals surface area contributed by atoms with Crippen molar-refractivity contribution < 1.29 is 14.3 Å². The average molecular weight is 189 g/mol. The standard InChI is InChI=1S/C9H19NO3/c1-7(12-4)6-9(2,10-3)8(11)13-5/h7,10H,6H2,1-5H3. The van der Waals surface area contributed by atoms with Crippen molar-refractivity contribution in [2.75, 3.05) is 21.3 Å². The second-order valence-corrected chi connectivity index (χ2v) is 3.32. The highest BCUT2D eigenvalue weighted by Crippen LogP contribution is 2.15. The van der Waals surface area contributed by atoms with Gasteiger partial charge in [0, 0.05) is 13.5 Å². The Balaban J connectivity index is 4.35. The number of esters is 1. The highest BCUT2D eigenvalue weighted by Gasteiger charge is 2.34. The summed E-state index contributed by atoms with van der Waals surface area (Å²) in [5.41, 5.74) is -0.663. The first-order valence-electron chi connectivity index (χ1n) is 4.30. The molecule has 0 aliphatic heterocycles. The van der Waals surface area contributed by atoms with E-state index in [0.717, 1.165) is 0 Å². The van der Waals surface area contributed by atoms with Crippen LogP contribution in [0.1, 0.15) is 20.3 Å². The first kappa shape index (κ1) is 12.4. The van der Waals surface area contributed by atoms with Gasteiger partial charge in [-0.05, 0) is 20.9 Å². The fourth-order valence-corrected chi connectivity index (χ4v) is 1.17. The first-order valence-corrected chi connectivity index (χ1v) is 4.30. The number of hydrogen-bond donors (Lipinski definition) is 1. The molecule has 0 aliphatic rings. The lowest BCUT2D eigenvalue weighted by atomic mass is 9.95. The van der Waals surface area contributed by atoms with Crippen molar-refractivity contribution in [2.45, 2.75) is 31.9 Å². The van der Waals surface area contributed by atoms with Crippen LogP contribution < -0.4 is 5.32 Å². The Morgan fingerprint density at radius 2 is 2.08 bits per heavy atom. The van der Waals surface area contributed by atoms with E-state index in [1.54, 1.807) is 21.1 Å². The zero-order valence-electron chi connectivity index (χ0n) is 9.01. The van der Waals surface area contributed by atoms with E-state index in [9.17, 15) is 4.79 Å². The van der Waals surface area contributed by atoms with Gasteiger partial charge in [-0.15, -0.1) is 0 Å². The maximum Gasteiger partial charge on any atom is 0.325 e. The Hall–Kier alpha value is -0.610. The predicted molar refractivity (Wildman–Crippen MR) is 50.6 cm³/mol. The molecule has 4 heteroatoms. The molecular formula is C9H19NO3. The summed E-state index contributed by atoms with van der Waals surface area (Å²) < 4.78 is 9.79. The third-order valence-corrected chi connectivity index (χ3v) is 2.29. The molecule has 0 aromatic heterocycles. The molecule has 0 aromatic carbocycles. The van der Waals surface area contributed by atoms with Gasteiger partial charge in [0.05, 0.1) is 13.2 Å². The molecule has 13 heavy (non-hydrogen) atoms. The average Bonchev–Trinajstić information content (AvgIpc) is 2.15. The van der Waals surface area contributed by atoms with Crippen molar-refractivity contribution in [3.63, 3.8) is 0 Å². The van der Waals surface area contributed by atoms with Gasteiger partial charge in [-0.3, -0.25) is 4.79 Å². The number of methoxy groups -OCH3 is 2. The minimum atomic E-state index is -0.663. The van der Waals surface area contributed by atoms with Crippen molar-refractivity contribution in [3.8, 4) is 0 Å². The molecule has 2 unspecified atom stereocenters. The van der Waals surface area contributed by atoms with Crippen LogP contribution >= 0.6 is 0 Å². The van der Waals surface area contributed by atoms with Crippen LogP contribution in [0.15, 0.2) is 0 Å². The number of likely N-dealkylation sites (N-methyl/N-ethyl adjacent to an activating group) is 1. The smallest absolute Gasteiger partial charge is 0.325 e. The van der Waals surface area contributed by atoms with Crippen LogP contribution in [0.2, 0.25) is 0 Å². The van der Waals surface area contributed by atoms with Crippen molar-refractivity contribution in [1.29, 1.82) is 0 Å². The van der Waals surface area contributed by atoms with Crippen LogP contribution in [-0.4, -0.2) is 38.9 Å². The summed E-state index contributed by atoms with van der Waals surface area (Å²) in [4.78, 5) is 11.4. The number of hydrogen-bond acceptors (Lipinski definition) is 4. The topological polar surface area (TPSA) is 47.6 Å². The molecule has 4 nitrogen and oxygen atoms in total. The second-order valence-electron chi connectivity index (χ2n) is 3.32. The minimum absolute atomic E-state index is 0.0246. The molecule has 1 N–H and O–H groups in total. The molecule has 0 aliphatic carbocycles. The molecule has 0 amide bonds. The van der Waals surface area contributed by atoms with E-state index in [4.69, 9.17) is 9.47 Å². The number of ether oxygens (including phenoxy) is 2. The van der Waals surface area contributed by atoms with E-state index in [1.807, 2.05) is 6.92 Å². The minimum Gasteiger partial charge on any atom is -0.468 e. The Bertz CT molecular complexity index is 172. The third-order valence-electron chi connectivity index (χ3n) is 2.29. The normalized spacial score (nSPS) is 17.6. The van der Waals surface area contributed by atoms with E-state index in [0.29, 0.717) is 6.42 Å². The molecule has 2 atom stereocenters. The van der Waals surface area contributed by atoms with Gasteiger partial charge in [-0.1, -0.05) is 0 Å². The maximum atomic E-state index is 11.4. The lowest BCUT2D eigenvalue weighted by Crippen LogP contribution is -2.50. The monoisotopic (exact) mass is 189 g/mol. The van der Waals surface area contributed by atoms with Gasteiger partial charge in [0.1, 0.15) is 5.54 Å². The van der Waals surface area contributed by atoms with Crippen LogP contribution in [0.3, 0.4) is 0 Å². The van der Waals surface area contributed by atoms with Crippen molar-refractivity contribution in [2.24, 2.45) is 0 Å². The molecule has 0 aromatic rings. The molecular weight excluding hydrogens is 170 g/mol. The van der Waals surface area contributed by atoms with Crippen LogP contribution in [0.4, 0.5) is 0 Å². The maximum absolute atomic E-state index is 11.4. The summed E-state index contributed by atoms with van der Waals surface area (Å²) in [6, 6.07) is 0. The van der Waals surface area contributed by atoms with Gasteiger partial charge < -0.3 is 14.8 Å². The van der Waals surface area contributed by atoms with E-state index in [1.165, 1.54) is 7.11 Å². The number of carbonyl (C=O) groups is 1. The molecule has 0 spiro atoms. The SMILES string of the molecule is CNC(C)(CC(C)OC)C(=O)OC. The summed E-state index contributed by atoms with van der Waals surface area (Å²) in [5.74, 6) is -0.265. The number of nitrogens with one attached hydrogen (secondary N) is 1. The molecule has 0 rings (SSSR count). The van der Waals surface area contributed by atoms with Gasteiger partial charge in [0.2, 0.25) is 0 Å². The Kier molecular flexibility index (Phi) is 4.95. The number of rotatable bonds is 5. The van der Waals surface area contributed by atoms with Crippen LogP contribution in [0, 0.1) is 0 Å². The van der Waals surface area contributed by atoms with E-state index < -0.39 is 5.54 Å². The summed E-state index contributed by atoms with van der Waals surface area (Å²) in [6.45, 7) is 3.72. The summed E-state index contributed by atoms with van der Waals surface area (Å²) >= 11 is 0. The zero-order valence-corrected chi connectivity index (χ0v) is 9.01. The predicted octanol–water partition coefficient (Wildman–Crippen LogP) is 0.562. The summed E-state index contributed by atoms with van der Waals surface area (Å²) in [7, 11) is 4.74. The largest absolute Gasteiger partial charge is 0.468 e. The van der Waals surface area contributed by atoms with Gasteiger partial charge in [-0.25, -0.2) is 0 Å². The lowest BCUT2D eigenvalue weighted by molar-refractivity contribution is -0.149. The van der Waals surface area contributed by atoms with E-state index >= 15 is 0 Å². The Morgan fingerprint density at radius 3 is 2.38 bits per heavy atom. The molecule has 0 bridgehead atoms. The lowest BCUT2D eigenvalue weighted by Gasteiger charge is -2.28. The molecule has 78 valence electrons. The van der Waals surface area contributed by atoms with Crippen molar-refractivity contribution in [1.82, 2.24) is 5.32 Å². The second kappa shape index (κ2) is 5.19. The van der Waals surface area contributed by atoms with Gasteiger partial charge in [-0.2, -0.15) is 0 Å². The summed E-state index contributed by atoms with van der Waals surface area (Å²) in [6.07, 6.45) is 0.615. The van der Waals surface area contributed by atoms with E-state index in [2.05, 4.69) is 5.32 Å². The van der Waals surface area contributed by atoms with Crippen LogP contribution in [-0.2, 0) is 14.3 Å². The summed E-state index contributed by atoms with van der Waals surface area (Å²) in [5, 5.41) is 2.94. The highest BCUT2D eigenvalue weighted by molar-refractivity contribution is 5.80. The van der Waals surface area contributed by atoms with Crippen LogP contribution in [0.5, 0.6) is 0 Å². The van der Waals surface area contributed by atoms with Gasteiger partial charge >= 0.3 is 5.97 Å². The molecule has 0 radical (unpaired) electrons. The van der Waals surface area contributed by atoms with Crippen molar-refractivity contribution in [3.05, 3.63) is 0 Å². The Labute approximate surface area is 79.6 Å². The Morgan fingerprint density at radius 1 is 1.54 bits per heavy atom. The molecule has 0 saturated heterocycles. The number of carbonyl (C=O) groups excluding carboxylic acids is 1. The van der Waals surface area contributed by atoms with Gasteiger partial charge in [0.15, 0.2) is 0 Å². The molecule has 0 heterocycles. The quantitative estimate of drug-likeness (QED) is 0.642. The fraction of sp³-hybridized carbons (Fsp3) is 0.889. The van der Waals surface area contributed by atoms with E-state index in [-0.39, 0.29) is 12.1 Å². The first-order chi connectivity index (χ1) is 6.00. The third kappa shape index (κ3) is 3.32. The zero-order chi connectivity index (χ0) is 10.5. The molecule has 0 saturated carbocycles. The van der Waals surface area contributed by atoms with Gasteiger partial charge in [0.25, 0.3) is 0 Å². The fourth-order valence-electron chi connectivity index (χ4n) is 1.17.